The van der Waals surface area contributed by atoms with Crippen LogP contribution in [0.4, 0.5) is 11.5 Å². The average molecular weight is 461 g/mol. The number of benzene rings is 2. The van der Waals surface area contributed by atoms with Crippen molar-refractivity contribution in [2.24, 2.45) is 0 Å². The minimum absolute atomic E-state index is 0.225. The molecule has 9 heteroatoms. The smallest absolute Gasteiger partial charge is 0.279 e. The molecule has 3 heterocycles. The number of hydrazine groups is 1. The number of amides is 2. The van der Waals surface area contributed by atoms with E-state index in [4.69, 9.17) is 0 Å². The highest BCUT2D eigenvalue weighted by Crippen LogP contribution is 2.29. The second kappa shape index (κ2) is 9.05. The fourth-order valence-electron chi connectivity index (χ4n) is 3.69. The molecule has 2 amide bonds. The highest BCUT2D eigenvalue weighted by molar-refractivity contribution is 7.20. The van der Waals surface area contributed by atoms with E-state index < -0.39 is 0 Å². The number of aromatic amines is 1. The highest BCUT2D eigenvalue weighted by atomic mass is 32.1. The van der Waals surface area contributed by atoms with Gasteiger partial charge in [-0.15, -0.1) is 11.3 Å². The van der Waals surface area contributed by atoms with Crippen molar-refractivity contribution in [3.05, 3.63) is 76.7 Å². The second-order valence-corrected chi connectivity index (χ2v) is 9.07. The Morgan fingerprint density at radius 3 is 2.55 bits per heavy atom. The lowest BCUT2D eigenvalue weighted by Crippen LogP contribution is -2.38. The number of carbonyl (C=O) groups excluding carboxylic acids is 2. The van der Waals surface area contributed by atoms with Crippen molar-refractivity contribution in [3.63, 3.8) is 0 Å². The molecule has 8 nitrogen and oxygen atoms in total. The van der Waals surface area contributed by atoms with Crippen LogP contribution < -0.4 is 15.8 Å². The number of rotatable bonds is 7. The van der Waals surface area contributed by atoms with Gasteiger partial charge in [0.2, 0.25) is 0 Å². The Bertz CT molecular complexity index is 1280. The Morgan fingerprint density at radius 1 is 1.09 bits per heavy atom. The number of hydrogen-bond acceptors (Lipinski definition) is 6. The number of carbonyl (C=O) groups is 2. The van der Waals surface area contributed by atoms with Crippen LogP contribution in [0.1, 0.15) is 32.0 Å². The molecule has 3 N–H and O–H groups in total. The number of hydrogen-bond donors (Lipinski definition) is 3. The molecular formula is C24H24N6O2S. The molecule has 168 valence electrons. The van der Waals surface area contributed by atoms with Crippen LogP contribution in [-0.2, 0) is 6.54 Å². The van der Waals surface area contributed by atoms with E-state index in [0.717, 1.165) is 25.3 Å². The first-order valence-corrected chi connectivity index (χ1v) is 11.6. The number of nitrogens with one attached hydrogen (secondary N) is 3. The maximum atomic E-state index is 12.7. The summed E-state index contributed by atoms with van der Waals surface area (Å²) >= 11 is 1.26. The van der Waals surface area contributed by atoms with Crippen molar-refractivity contribution in [1.29, 1.82) is 0 Å². The van der Waals surface area contributed by atoms with Gasteiger partial charge < -0.3 is 5.32 Å². The molecular weight excluding hydrogens is 436 g/mol. The zero-order chi connectivity index (χ0) is 22.8. The lowest BCUT2D eigenvalue weighted by Gasteiger charge is -2.30. The molecule has 0 bridgehead atoms. The molecule has 0 unspecified atom stereocenters. The molecule has 1 aliphatic heterocycles. The van der Waals surface area contributed by atoms with Gasteiger partial charge >= 0.3 is 0 Å². The predicted octanol–water partition coefficient (Wildman–Crippen LogP) is 3.86. The summed E-state index contributed by atoms with van der Waals surface area (Å²) in [6.07, 6.45) is 1.26. The quantitative estimate of drug-likeness (QED) is 0.364. The Labute approximate surface area is 195 Å². The Kier molecular flexibility index (Phi) is 5.80. The number of thiophene rings is 1. The number of likely N-dealkylation sites (tertiary alicyclic amines) is 1. The fraction of sp³-hybridized carbons (Fsp3) is 0.208. The molecule has 0 saturated carbocycles. The van der Waals surface area contributed by atoms with Crippen molar-refractivity contribution in [1.82, 2.24) is 20.5 Å². The monoisotopic (exact) mass is 460 g/mol. The molecule has 0 radical (unpaired) electrons. The number of fused-ring (bicyclic) bond motifs is 1. The molecule has 0 atom stereocenters. The van der Waals surface area contributed by atoms with Gasteiger partial charge in [-0.2, -0.15) is 5.10 Å². The van der Waals surface area contributed by atoms with Gasteiger partial charge in [0.15, 0.2) is 0 Å². The fourth-order valence-corrected chi connectivity index (χ4v) is 4.57. The summed E-state index contributed by atoms with van der Waals surface area (Å²) in [5, 5.41) is 12.4. The molecule has 0 aliphatic carbocycles. The predicted molar refractivity (Wildman–Crippen MR) is 131 cm³/mol. The molecule has 1 fully saturated rings. The van der Waals surface area contributed by atoms with E-state index in [1.54, 1.807) is 18.1 Å². The van der Waals surface area contributed by atoms with Crippen LogP contribution in [0.15, 0.2) is 60.7 Å². The third kappa shape index (κ3) is 4.59. The number of aromatic nitrogens is 2. The van der Waals surface area contributed by atoms with Gasteiger partial charge in [0, 0.05) is 19.2 Å². The highest BCUT2D eigenvalue weighted by Gasteiger charge is 2.18. The van der Waals surface area contributed by atoms with Crippen LogP contribution in [0.2, 0.25) is 0 Å². The normalized spacial score (nSPS) is 13.5. The first-order valence-electron chi connectivity index (χ1n) is 10.8. The van der Waals surface area contributed by atoms with Crippen molar-refractivity contribution >= 4 is 44.9 Å². The van der Waals surface area contributed by atoms with Crippen LogP contribution >= 0.6 is 11.3 Å². The summed E-state index contributed by atoms with van der Waals surface area (Å²) in [6.45, 7) is 3.20. The molecule has 5 rings (SSSR count). The first kappa shape index (κ1) is 21.2. The van der Waals surface area contributed by atoms with Crippen LogP contribution in [0.3, 0.4) is 0 Å². The first-order chi connectivity index (χ1) is 16.1. The van der Waals surface area contributed by atoms with E-state index in [1.165, 1.54) is 23.3 Å². The van der Waals surface area contributed by atoms with Crippen LogP contribution in [0, 0.1) is 0 Å². The minimum atomic E-state index is -0.237. The summed E-state index contributed by atoms with van der Waals surface area (Å²) < 4.78 is 0. The van der Waals surface area contributed by atoms with Crippen molar-refractivity contribution in [2.75, 3.05) is 30.5 Å². The third-order valence-corrected chi connectivity index (χ3v) is 6.72. The molecule has 33 heavy (non-hydrogen) atoms. The molecule has 1 aliphatic rings. The minimum Gasteiger partial charge on any atom is -0.306 e. The number of H-pyrrole nitrogens is 1. The van der Waals surface area contributed by atoms with E-state index >= 15 is 0 Å². The van der Waals surface area contributed by atoms with Gasteiger partial charge in [0.05, 0.1) is 16.0 Å². The molecule has 4 aromatic rings. The van der Waals surface area contributed by atoms with Crippen molar-refractivity contribution < 1.29 is 9.59 Å². The van der Waals surface area contributed by atoms with E-state index in [1.807, 2.05) is 54.6 Å². The molecule has 1 saturated heterocycles. The maximum Gasteiger partial charge on any atom is 0.279 e. The van der Waals surface area contributed by atoms with Crippen molar-refractivity contribution in [3.8, 4) is 0 Å². The SMILES string of the molecule is CN(NC(=O)c1cc2c(NC(=O)c3ccc(CN4CCC4)cc3)[nH]nc2s1)c1ccccc1. The van der Waals surface area contributed by atoms with Crippen LogP contribution in [0.25, 0.3) is 10.2 Å². The summed E-state index contributed by atoms with van der Waals surface area (Å²) in [5.41, 5.74) is 5.49. The van der Waals surface area contributed by atoms with Gasteiger partial charge in [-0.1, -0.05) is 30.3 Å². The summed E-state index contributed by atoms with van der Waals surface area (Å²) in [7, 11) is 1.78. The summed E-state index contributed by atoms with van der Waals surface area (Å²) in [6, 6.07) is 19.0. The number of nitrogens with zero attached hydrogens (tertiary/aromatic N) is 3. The van der Waals surface area contributed by atoms with Crippen LogP contribution in [-0.4, -0.2) is 47.0 Å². The van der Waals surface area contributed by atoms with E-state index in [9.17, 15) is 9.59 Å². The van der Waals surface area contributed by atoms with Crippen molar-refractivity contribution in [2.45, 2.75) is 13.0 Å². The standard InChI is InChI=1S/C24H24N6O2S/c1-29(18-6-3-2-4-7-18)28-23(32)20-14-19-21(26-27-24(19)33-20)25-22(31)17-10-8-16(9-11-17)15-30-12-5-13-30/h2-4,6-11,14H,5,12-13,15H2,1H3,(H,28,32)(H2,25,26,27,31). The molecule has 0 spiro atoms. The Morgan fingerprint density at radius 2 is 1.85 bits per heavy atom. The lowest BCUT2D eigenvalue weighted by molar-refractivity contribution is 0.0954. The van der Waals surface area contributed by atoms with E-state index in [-0.39, 0.29) is 11.8 Å². The molecule has 2 aromatic heterocycles. The Hall–Kier alpha value is -3.69. The van der Waals surface area contributed by atoms with Gasteiger partial charge in [-0.3, -0.25) is 30.0 Å². The number of anilines is 2. The summed E-state index contributed by atoms with van der Waals surface area (Å²) in [5.74, 6) is 0.0165. The maximum absolute atomic E-state index is 12.7. The zero-order valence-corrected chi connectivity index (χ0v) is 19.0. The van der Waals surface area contributed by atoms with Gasteiger partial charge in [-0.25, -0.2) is 0 Å². The summed E-state index contributed by atoms with van der Waals surface area (Å²) in [4.78, 5) is 29.0. The zero-order valence-electron chi connectivity index (χ0n) is 18.2. The second-order valence-electron chi connectivity index (χ2n) is 8.04. The Balaban J connectivity index is 1.25. The lowest BCUT2D eigenvalue weighted by atomic mass is 10.1. The number of para-hydroxylation sites is 1. The topological polar surface area (TPSA) is 93.4 Å². The molecule has 2 aromatic carbocycles. The third-order valence-electron chi connectivity index (χ3n) is 5.70. The van der Waals surface area contributed by atoms with Crippen LogP contribution in [0.5, 0.6) is 0 Å². The van der Waals surface area contributed by atoms with E-state index in [0.29, 0.717) is 26.5 Å². The average Bonchev–Trinajstić information content (AvgIpc) is 3.39. The van der Waals surface area contributed by atoms with Gasteiger partial charge in [-0.05, 0) is 55.4 Å². The van der Waals surface area contributed by atoms with Gasteiger partial charge in [0.25, 0.3) is 11.8 Å². The van der Waals surface area contributed by atoms with Gasteiger partial charge in [0.1, 0.15) is 10.6 Å². The largest absolute Gasteiger partial charge is 0.306 e. The van der Waals surface area contributed by atoms with E-state index in [2.05, 4.69) is 25.8 Å².